The first-order valence-electron chi connectivity index (χ1n) is 6.46. The molecule has 112 valence electrons. The van der Waals surface area contributed by atoms with E-state index < -0.39 is 16.3 Å². The number of halogens is 1. The van der Waals surface area contributed by atoms with Gasteiger partial charge in [0, 0.05) is 17.7 Å². The molecule has 7 nitrogen and oxygen atoms in total. The molecule has 0 aromatic heterocycles. The SMILES string of the molecule is C[C@]1(c2cc([N+](=O)[O-])ccc2F)N=C(N)O[C@@H]2COC[C@@H]21. The zero-order valence-corrected chi connectivity index (χ0v) is 11.3. The van der Waals surface area contributed by atoms with Crippen molar-refractivity contribution >= 4 is 11.7 Å². The number of aliphatic imine (C=N–C) groups is 1. The van der Waals surface area contributed by atoms with Crippen molar-refractivity contribution in [3.05, 3.63) is 39.7 Å². The Kier molecular flexibility index (Phi) is 3.05. The van der Waals surface area contributed by atoms with E-state index >= 15 is 0 Å². The first kappa shape index (κ1) is 13.7. The highest BCUT2D eigenvalue weighted by molar-refractivity contribution is 5.73. The Labute approximate surface area is 119 Å². The molecule has 2 N–H and O–H groups in total. The number of non-ortho nitro benzene ring substituents is 1. The fraction of sp³-hybridized carbons (Fsp3) is 0.462. The summed E-state index contributed by atoms with van der Waals surface area (Å²) in [6, 6.07) is 3.34. The van der Waals surface area contributed by atoms with Gasteiger partial charge in [0.15, 0.2) is 0 Å². The summed E-state index contributed by atoms with van der Waals surface area (Å²) in [5.74, 6) is -0.812. The lowest BCUT2D eigenvalue weighted by molar-refractivity contribution is -0.385. The zero-order valence-electron chi connectivity index (χ0n) is 11.3. The van der Waals surface area contributed by atoms with Crippen LogP contribution in [0.5, 0.6) is 0 Å². The lowest BCUT2D eigenvalue weighted by Gasteiger charge is -2.38. The fourth-order valence-electron chi connectivity index (χ4n) is 2.94. The van der Waals surface area contributed by atoms with E-state index in [1.54, 1.807) is 6.92 Å². The first-order valence-corrected chi connectivity index (χ1v) is 6.46. The lowest BCUT2D eigenvalue weighted by Crippen LogP contribution is -2.47. The predicted molar refractivity (Wildman–Crippen MR) is 71.2 cm³/mol. The molecule has 0 amide bonds. The third kappa shape index (κ3) is 2.11. The van der Waals surface area contributed by atoms with Crippen molar-refractivity contribution in [2.75, 3.05) is 13.2 Å². The van der Waals surface area contributed by atoms with E-state index in [-0.39, 0.29) is 29.3 Å². The molecule has 0 bridgehead atoms. The number of fused-ring (bicyclic) bond motifs is 1. The molecule has 8 heteroatoms. The number of rotatable bonds is 2. The van der Waals surface area contributed by atoms with Gasteiger partial charge in [-0.3, -0.25) is 10.1 Å². The van der Waals surface area contributed by atoms with Gasteiger partial charge in [0.1, 0.15) is 17.5 Å². The summed E-state index contributed by atoms with van der Waals surface area (Å²) in [6.45, 7) is 2.37. The van der Waals surface area contributed by atoms with Crippen molar-refractivity contribution in [2.45, 2.75) is 18.6 Å². The molecule has 1 saturated heterocycles. The molecule has 2 aliphatic heterocycles. The molecule has 0 spiro atoms. The van der Waals surface area contributed by atoms with Crippen LogP contribution < -0.4 is 5.73 Å². The highest BCUT2D eigenvalue weighted by Gasteiger charge is 2.50. The molecule has 0 saturated carbocycles. The van der Waals surface area contributed by atoms with Gasteiger partial charge < -0.3 is 15.2 Å². The molecule has 21 heavy (non-hydrogen) atoms. The maximum Gasteiger partial charge on any atom is 0.283 e. The Balaban J connectivity index is 2.14. The van der Waals surface area contributed by atoms with Gasteiger partial charge in [0.25, 0.3) is 11.7 Å². The summed E-state index contributed by atoms with van der Waals surface area (Å²) in [7, 11) is 0. The maximum absolute atomic E-state index is 14.2. The van der Waals surface area contributed by atoms with E-state index in [0.29, 0.717) is 13.2 Å². The van der Waals surface area contributed by atoms with E-state index in [0.717, 1.165) is 12.1 Å². The lowest BCUT2D eigenvalue weighted by atomic mass is 9.77. The molecule has 0 unspecified atom stereocenters. The van der Waals surface area contributed by atoms with E-state index in [9.17, 15) is 14.5 Å². The Morgan fingerprint density at radius 3 is 3.00 bits per heavy atom. The van der Waals surface area contributed by atoms with Gasteiger partial charge in [-0.1, -0.05) is 0 Å². The van der Waals surface area contributed by atoms with E-state index in [2.05, 4.69) is 4.99 Å². The topological polar surface area (TPSA) is 100.0 Å². The van der Waals surface area contributed by atoms with Crippen LogP contribution in [0.4, 0.5) is 10.1 Å². The van der Waals surface area contributed by atoms with Crippen LogP contribution in [0.15, 0.2) is 23.2 Å². The van der Waals surface area contributed by atoms with Crippen LogP contribution in [0.1, 0.15) is 12.5 Å². The number of hydrogen-bond donors (Lipinski definition) is 1. The van der Waals surface area contributed by atoms with Gasteiger partial charge in [-0.25, -0.2) is 9.38 Å². The predicted octanol–water partition coefficient (Wildman–Crippen LogP) is 1.31. The largest absolute Gasteiger partial charge is 0.459 e. The summed E-state index contributed by atoms with van der Waals surface area (Å²) in [5.41, 5.74) is 4.55. The third-order valence-electron chi connectivity index (χ3n) is 4.07. The third-order valence-corrected chi connectivity index (χ3v) is 4.07. The van der Waals surface area contributed by atoms with Crippen LogP contribution in [-0.4, -0.2) is 30.3 Å². The van der Waals surface area contributed by atoms with Crippen molar-refractivity contribution in [3.63, 3.8) is 0 Å². The van der Waals surface area contributed by atoms with Crippen molar-refractivity contribution in [1.29, 1.82) is 0 Å². The number of nitrogens with zero attached hydrogens (tertiary/aromatic N) is 2. The molecule has 2 aliphatic rings. The number of ether oxygens (including phenoxy) is 2. The van der Waals surface area contributed by atoms with Crippen LogP contribution in [0.25, 0.3) is 0 Å². The second-order valence-corrected chi connectivity index (χ2v) is 5.32. The molecule has 1 aromatic carbocycles. The molecule has 0 radical (unpaired) electrons. The minimum Gasteiger partial charge on any atom is -0.459 e. The Morgan fingerprint density at radius 2 is 2.29 bits per heavy atom. The standard InChI is InChI=1S/C13H14FN3O4/c1-13(8-4-7(17(18)19)2-3-10(8)14)9-5-20-6-11(9)21-12(15)16-13/h2-4,9,11H,5-6H2,1H3,(H2,15,16)/t9-,11+,13+/m0/s1. The van der Waals surface area contributed by atoms with Crippen LogP contribution >= 0.6 is 0 Å². The average molecular weight is 295 g/mol. The molecular weight excluding hydrogens is 281 g/mol. The van der Waals surface area contributed by atoms with Crippen LogP contribution in [-0.2, 0) is 15.0 Å². The van der Waals surface area contributed by atoms with Crippen LogP contribution in [0, 0.1) is 21.8 Å². The number of nitro groups is 1. The Bertz CT molecular complexity index is 636. The summed E-state index contributed by atoms with van der Waals surface area (Å²) >= 11 is 0. The van der Waals surface area contributed by atoms with E-state index in [1.807, 2.05) is 0 Å². The summed E-state index contributed by atoms with van der Waals surface area (Å²) < 4.78 is 25.0. The number of nitrogens with two attached hydrogens (primary N) is 1. The molecule has 2 heterocycles. The van der Waals surface area contributed by atoms with Crippen LogP contribution in [0.3, 0.4) is 0 Å². The molecule has 1 aromatic rings. The second-order valence-electron chi connectivity index (χ2n) is 5.32. The maximum atomic E-state index is 14.2. The van der Waals surface area contributed by atoms with Gasteiger partial charge in [-0.15, -0.1) is 0 Å². The van der Waals surface area contributed by atoms with Crippen LogP contribution in [0.2, 0.25) is 0 Å². The fourth-order valence-corrected chi connectivity index (χ4v) is 2.94. The Hall–Kier alpha value is -2.22. The number of benzene rings is 1. The van der Waals surface area contributed by atoms with Crippen molar-refractivity contribution in [3.8, 4) is 0 Å². The van der Waals surface area contributed by atoms with Gasteiger partial charge in [-0.2, -0.15) is 0 Å². The summed E-state index contributed by atoms with van der Waals surface area (Å²) in [5, 5.41) is 10.9. The first-order chi connectivity index (χ1) is 9.91. The van der Waals surface area contributed by atoms with Gasteiger partial charge in [-0.05, 0) is 13.0 Å². The monoisotopic (exact) mass is 295 g/mol. The van der Waals surface area contributed by atoms with Gasteiger partial charge in [0.2, 0.25) is 0 Å². The number of amidine groups is 1. The van der Waals surface area contributed by atoms with Crippen molar-refractivity contribution < 1.29 is 18.8 Å². The molecule has 0 aliphatic carbocycles. The molecule has 3 atom stereocenters. The van der Waals surface area contributed by atoms with E-state index in [4.69, 9.17) is 15.2 Å². The molecular formula is C13H14FN3O4. The summed E-state index contributed by atoms with van der Waals surface area (Å²) in [4.78, 5) is 14.6. The highest BCUT2D eigenvalue weighted by Crippen LogP contribution is 2.43. The summed E-state index contributed by atoms with van der Waals surface area (Å²) in [6.07, 6.45) is -0.328. The zero-order chi connectivity index (χ0) is 15.2. The minimum atomic E-state index is -1.06. The minimum absolute atomic E-state index is 0.0600. The van der Waals surface area contributed by atoms with E-state index in [1.165, 1.54) is 6.07 Å². The Morgan fingerprint density at radius 1 is 1.52 bits per heavy atom. The van der Waals surface area contributed by atoms with Gasteiger partial charge >= 0.3 is 0 Å². The van der Waals surface area contributed by atoms with Crippen molar-refractivity contribution in [1.82, 2.24) is 0 Å². The second kappa shape index (κ2) is 4.66. The van der Waals surface area contributed by atoms with Gasteiger partial charge in [0.05, 0.1) is 24.1 Å². The average Bonchev–Trinajstić information content (AvgIpc) is 2.87. The van der Waals surface area contributed by atoms with Crippen molar-refractivity contribution in [2.24, 2.45) is 16.6 Å². The number of hydrogen-bond acceptors (Lipinski definition) is 6. The quantitative estimate of drug-likeness (QED) is 0.655. The smallest absolute Gasteiger partial charge is 0.283 e. The highest BCUT2D eigenvalue weighted by atomic mass is 19.1. The normalized spacial score (nSPS) is 31.2. The number of nitro benzene ring substituents is 1. The molecule has 1 fully saturated rings. The molecule has 3 rings (SSSR count).